The first-order valence-electron chi connectivity index (χ1n) is 7.58. The molecule has 0 N–H and O–H groups in total. The van der Waals surface area contributed by atoms with Gasteiger partial charge in [0.1, 0.15) is 17.7 Å². The number of hydrogen-bond acceptors (Lipinski definition) is 5. The lowest BCUT2D eigenvalue weighted by atomic mass is 10.2. The van der Waals surface area contributed by atoms with Crippen molar-refractivity contribution in [2.24, 2.45) is 4.99 Å². The number of likely N-dealkylation sites (tertiary alicyclic amines) is 1. The number of benzene rings is 1. The van der Waals surface area contributed by atoms with Gasteiger partial charge >= 0.3 is 0 Å². The third-order valence-corrected chi connectivity index (χ3v) is 4.65. The van der Waals surface area contributed by atoms with Gasteiger partial charge in [-0.1, -0.05) is 23.4 Å². The van der Waals surface area contributed by atoms with E-state index in [0.717, 1.165) is 10.9 Å². The van der Waals surface area contributed by atoms with Crippen LogP contribution < -0.4 is 9.47 Å². The largest absolute Gasteiger partial charge is 0.485 e. The summed E-state index contributed by atoms with van der Waals surface area (Å²) in [7, 11) is 1.58. The van der Waals surface area contributed by atoms with E-state index in [1.165, 1.54) is 12.1 Å². The smallest absolute Gasteiger partial charge is 0.213 e. The molecule has 1 fully saturated rings. The van der Waals surface area contributed by atoms with Crippen LogP contribution in [0, 0.1) is 5.82 Å². The van der Waals surface area contributed by atoms with Gasteiger partial charge in [0.25, 0.3) is 0 Å². The molecule has 1 saturated heterocycles. The molecule has 0 spiro atoms. The minimum Gasteiger partial charge on any atom is -0.485 e. The Bertz CT molecular complexity index is 767. The Morgan fingerprint density at radius 3 is 2.76 bits per heavy atom. The quantitative estimate of drug-likeness (QED) is 0.591. The van der Waals surface area contributed by atoms with E-state index in [0.29, 0.717) is 24.7 Å². The van der Waals surface area contributed by atoms with Crippen molar-refractivity contribution in [1.82, 2.24) is 9.88 Å². The Balaban J connectivity index is 1.60. The molecule has 0 radical (unpaired) electrons. The molecule has 5 nitrogen and oxygen atoms in total. The van der Waals surface area contributed by atoms with Crippen LogP contribution in [0.2, 0.25) is 5.02 Å². The zero-order valence-electron chi connectivity index (χ0n) is 13.8. The maximum atomic E-state index is 13.1. The molecule has 1 aromatic carbocycles. The number of thioether (sulfide) groups is 1. The normalized spacial score (nSPS) is 15.0. The summed E-state index contributed by atoms with van der Waals surface area (Å²) in [6, 6.07) is 7.76. The van der Waals surface area contributed by atoms with E-state index in [-0.39, 0.29) is 16.9 Å². The van der Waals surface area contributed by atoms with Crippen molar-refractivity contribution in [3.05, 3.63) is 47.4 Å². The van der Waals surface area contributed by atoms with Crippen molar-refractivity contribution >= 4 is 34.2 Å². The van der Waals surface area contributed by atoms with Crippen LogP contribution in [-0.4, -0.2) is 47.6 Å². The third-order valence-electron chi connectivity index (χ3n) is 3.64. The minimum absolute atomic E-state index is 0.00527. The van der Waals surface area contributed by atoms with Gasteiger partial charge in [-0.05, 0) is 30.5 Å². The van der Waals surface area contributed by atoms with E-state index in [1.807, 2.05) is 12.3 Å². The summed E-state index contributed by atoms with van der Waals surface area (Å²) < 4.78 is 23.9. The second kappa shape index (κ2) is 7.93. The molecule has 25 heavy (non-hydrogen) atoms. The molecule has 8 heteroatoms. The number of methoxy groups -OCH3 is 1. The lowest BCUT2D eigenvalue weighted by Gasteiger charge is -2.40. The van der Waals surface area contributed by atoms with Gasteiger partial charge in [0.2, 0.25) is 5.88 Å². The number of aromatic nitrogens is 1. The van der Waals surface area contributed by atoms with Crippen LogP contribution in [0.3, 0.4) is 0 Å². The van der Waals surface area contributed by atoms with Gasteiger partial charge in [-0.3, -0.25) is 0 Å². The molecule has 0 atom stereocenters. The van der Waals surface area contributed by atoms with E-state index >= 15 is 0 Å². The van der Waals surface area contributed by atoms with E-state index in [1.54, 1.807) is 37.2 Å². The second-order valence-electron chi connectivity index (χ2n) is 5.38. The first kappa shape index (κ1) is 17.8. The van der Waals surface area contributed by atoms with Crippen LogP contribution in [0.4, 0.5) is 10.1 Å². The van der Waals surface area contributed by atoms with Crippen molar-refractivity contribution in [3.63, 3.8) is 0 Å². The van der Waals surface area contributed by atoms with Crippen LogP contribution in [0.5, 0.6) is 11.6 Å². The van der Waals surface area contributed by atoms with Gasteiger partial charge in [-0.15, -0.1) is 0 Å². The summed E-state index contributed by atoms with van der Waals surface area (Å²) in [4.78, 5) is 10.9. The van der Waals surface area contributed by atoms with Crippen molar-refractivity contribution in [3.8, 4) is 11.6 Å². The van der Waals surface area contributed by atoms with Gasteiger partial charge in [0.05, 0.1) is 37.1 Å². The highest BCUT2D eigenvalue weighted by atomic mass is 35.5. The van der Waals surface area contributed by atoms with Crippen LogP contribution in [0.15, 0.2) is 41.5 Å². The van der Waals surface area contributed by atoms with Crippen LogP contribution in [-0.2, 0) is 0 Å². The predicted octanol–water partition coefficient (Wildman–Crippen LogP) is 4.00. The Kier molecular flexibility index (Phi) is 5.65. The van der Waals surface area contributed by atoms with E-state index < -0.39 is 0 Å². The summed E-state index contributed by atoms with van der Waals surface area (Å²) in [5.41, 5.74) is 0.760. The van der Waals surface area contributed by atoms with E-state index in [2.05, 4.69) is 14.9 Å². The summed E-state index contributed by atoms with van der Waals surface area (Å²) in [6.45, 7) is 1.38. The van der Waals surface area contributed by atoms with Crippen molar-refractivity contribution in [1.29, 1.82) is 0 Å². The zero-order chi connectivity index (χ0) is 17.8. The second-order valence-corrected chi connectivity index (χ2v) is 6.56. The topological polar surface area (TPSA) is 47.0 Å². The van der Waals surface area contributed by atoms with Gasteiger partial charge < -0.3 is 14.4 Å². The average molecular weight is 382 g/mol. The fraction of sp³-hybridized carbons (Fsp3) is 0.294. The van der Waals surface area contributed by atoms with Crippen molar-refractivity contribution in [2.75, 3.05) is 26.5 Å². The fourth-order valence-corrected chi connectivity index (χ4v) is 3.15. The Labute approximate surface area is 154 Å². The minimum atomic E-state index is -0.377. The molecule has 132 valence electrons. The highest BCUT2D eigenvalue weighted by molar-refractivity contribution is 8.13. The van der Waals surface area contributed by atoms with Gasteiger partial charge in [0.15, 0.2) is 5.17 Å². The molecule has 0 amide bonds. The van der Waals surface area contributed by atoms with Crippen LogP contribution >= 0.6 is 23.4 Å². The monoisotopic (exact) mass is 381 g/mol. The van der Waals surface area contributed by atoms with Crippen molar-refractivity contribution in [2.45, 2.75) is 6.10 Å². The number of amidine groups is 1. The van der Waals surface area contributed by atoms with Gasteiger partial charge in [0, 0.05) is 6.07 Å². The molecule has 0 aliphatic carbocycles. The highest BCUT2D eigenvalue weighted by Gasteiger charge is 2.31. The van der Waals surface area contributed by atoms with Crippen LogP contribution in [0.1, 0.15) is 0 Å². The molecule has 1 aromatic heterocycles. The number of halogens is 2. The maximum absolute atomic E-state index is 13.1. The summed E-state index contributed by atoms with van der Waals surface area (Å²) in [5.74, 6) is 0.672. The Morgan fingerprint density at radius 1 is 1.36 bits per heavy atom. The molecular weight excluding hydrogens is 365 g/mol. The fourth-order valence-electron chi connectivity index (χ4n) is 2.33. The maximum Gasteiger partial charge on any atom is 0.213 e. The number of pyridine rings is 1. The summed E-state index contributed by atoms with van der Waals surface area (Å²) in [5, 5.41) is 1.17. The average Bonchev–Trinajstić information content (AvgIpc) is 2.58. The lowest BCUT2D eigenvalue weighted by molar-refractivity contribution is 0.0700. The SMILES string of the molecule is COc1ccc(/N=C(\SC)N2CC(Oc3ccc(F)cc3Cl)C2)cn1. The molecule has 2 heterocycles. The third kappa shape index (κ3) is 4.35. The molecule has 1 aliphatic rings. The molecule has 0 bridgehead atoms. The number of hydrogen-bond donors (Lipinski definition) is 0. The van der Waals surface area contributed by atoms with Crippen molar-refractivity contribution < 1.29 is 13.9 Å². The molecule has 0 unspecified atom stereocenters. The molecular formula is C17H17ClFN3O2S. The Morgan fingerprint density at radius 2 is 2.16 bits per heavy atom. The van der Waals surface area contributed by atoms with E-state index in [9.17, 15) is 4.39 Å². The number of aliphatic imine (C=N–C) groups is 1. The number of rotatable bonds is 4. The number of ether oxygens (including phenoxy) is 2. The molecule has 3 rings (SSSR count). The summed E-state index contributed by atoms with van der Waals surface area (Å²) >= 11 is 7.55. The standard InChI is InChI=1S/C17H17ClFN3O2S/c1-23-16-6-4-12(8-20-16)21-17(25-2)22-9-13(10-22)24-15-5-3-11(19)7-14(15)18/h3-8,13H,9-10H2,1-2H3/b21-17-. The molecule has 1 aliphatic heterocycles. The highest BCUT2D eigenvalue weighted by Crippen LogP contribution is 2.29. The lowest BCUT2D eigenvalue weighted by Crippen LogP contribution is -2.55. The summed E-state index contributed by atoms with van der Waals surface area (Å²) in [6.07, 6.45) is 3.64. The predicted molar refractivity (Wildman–Crippen MR) is 98.8 cm³/mol. The first-order chi connectivity index (χ1) is 12.1. The number of nitrogens with zero attached hydrogens (tertiary/aromatic N) is 3. The Hall–Kier alpha value is -1.99. The van der Waals surface area contributed by atoms with Crippen LogP contribution in [0.25, 0.3) is 0 Å². The van der Waals surface area contributed by atoms with Gasteiger partial charge in [-0.2, -0.15) is 0 Å². The first-order valence-corrected chi connectivity index (χ1v) is 9.18. The molecule has 2 aromatic rings. The molecule has 0 saturated carbocycles. The van der Waals surface area contributed by atoms with E-state index in [4.69, 9.17) is 21.1 Å². The zero-order valence-corrected chi connectivity index (χ0v) is 15.4. The van der Waals surface area contributed by atoms with Gasteiger partial charge in [-0.25, -0.2) is 14.4 Å².